The number of amides is 1. The van der Waals surface area contributed by atoms with Crippen molar-refractivity contribution in [1.29, 1.82) is 0 Å². The number of halogens is 1. The summed E-state index contributed by atoms with van der Waals surface area (Å²) in [5, 5.41) is 4.05. The highest BCUT2D eigenvalue weighted by atomic mass is 32.1. The Morgan fingerprint density at radius 2 is 1.69 bits per heavy atom. The van der Waals surface area contributed by atoms with Crippen LogP contribution < -0.4 is 5.32 Å². The fraction of sp³-hybridized carbons (Fsp3) is 0.346. The van der Waals surface area contributed by atoms with Gasteiger partial charge in [0.05, 0.1) is 6.04 Å². The van der Waals surface area contributed by atoms with Crippen molar-refractivity contribution < 1.29 is 9.18 Å². The van der Waals surface area contributed by atoms with Crippen LogP contribution in [0, 0.1) is 19.7 Å². The number of thiophene rings is 1. The molecular formula is C26H30FN3OS. The fourth-order valence-electron chi connectivity index (χ4n) is 4.37. The summed E-state index contributed by atoms with van der Waals surface area (Å²) in [7, 11) is 0. The summed E-state index contributed by atoms with van der Waals surface area (Å²) in [5.74, 6) is -0.346. The molecule has 4 rings (SSSR count). The lowest BCUT2D eigenvalue weighted by Crippen LogP contribution is -2.47. The van der Waals surface area contributed by atoms with E-state index in [0.29, 0.717) is 5.56 Å². The van der Waals surface area contributed by atoms with Gasteiger partial charge in [-0.3, -0.25) is 9.69 Å². The summed E-state index contributed by atoms with van der Waals surface area (Å²) >= 11 is 1.62. The number of benzene rings is 2. The molecule has 4 nitrogen and oxygen atoms in total. The Hall–Kier alpha value is -2.54. The van der Waals surface area contributed by atoms with Gasteiger partial charge in [0, 0.05) is 42.2 Å². The molecule has 32 heavy (non-hydrogen) atoms. The number of rotatable bonds is 6. The van der Waals surface area contributed by atoms with Crippen LogP contribution in [0.4, 0.5) is 9.39 Å². The first-order valence-corrected chi connectivity index (χ1v) is 12.0. The van der Waals surface area contributed by atoms with Crippen LogP contribution in [0.3, 0.4) is 0 Å². The molecule has 1 amide bonds. The first-order chi connectivity index (χ1) is 15.5. The number of piperazine rings is 1. The molecule has 0 radical (unpaired) electrons. The van der Waals surface area contributed by atoms with Crippen LogP contribution >= 0.6 is 11.3 Å². The molecular weight excluding hydrogens is 421 g/mol. The van der Waals surface area contributed by atoms with E-state index in [1.807, 2.05) is 42.5 Å². The van der Waals surface area contributed by atoms with Gasteiger partial charge in [0.15, 0.2) is 0 Å². The summed E-state index contributed by atoms with van der Waals surface area (Å²) in [6.07, 6.45) is 0. The third-order valence-electron chi connectivity index (χ3n) is 6.37. The quantitative estimate of drug-likeness (QED) is 0.539. The minimum Gasteiger partial charge on any atom is -0.313 e. The molecule has 1 fully saturated rings. The number of nitrogens with one attached hydrogen (secondary N) is 1. The smallest absolute Gasteiger partial charge is 0.256 e. The number of hydrogen-bond acceptors (Lipinski definition) is 4. The van der Waals surface area contributed by atoms with E-state index < -0.39 is 0 Å². The molecule has 1 aliphatic rings. The highest BCUT2D eigenvalue weighted by molar-refractivity contribution is 7.16. The molecule has 1 atom stereocenters. The minimum atomic E-state index is -0.237. The molecule has 2 aromatic carbocycles. The average Bonchev–Trinajstić information content (AvgIpc) is 3.09. The van der Waals surface area contributed by atoms with Crippen LogP contribution in [0.2, 0.25) is 0 Å². The second kappa shape index (κ2) is 9.94. The number of anilines is 1. The van der Waals surface area contributed by atoms with Crippen molar-refractivity contribution in [3.63, 3.8) is 0 Å². The second-order valence-electron chi connectivity index (χ2n) is 8.27. The molecule has 0 saturated carbocycles. The highest BCUT2D eigenvalue weighted by Crippen LogP contribution is 2.42. The molecule has 1 saturated heterocycles. The van der Waals surface area contributed by atoms with Gasteiger partial charge < -0.3 is 10.2 Å². The maximum atomic E-state index is 13.7. The van der Waals surface area contributed by atoms with Crippen LogP contribution in [0.25, 0.3) is 0 Å². The number of aryl methyl sites for hydroxylation is 1. The Balaban J connectivity index is 1.73. The SMILES string of the molecule is CCN1CCN(C(c2ccc(F)cc2)c2c(NC(=O)c3ccccc3)sc(C)c2C)CC1. The monoisotopic (exact) mass is 451 g/mol. The molecule has 2 heterocycles. The van der Waals surface area contributed by atoms with E-state index in [9.17, 15) is 9.18 Å². The summed E-state index contributed by atoms with van der Waals surface area (Å²) in [5.41, 5.74) is 3.99. The molecule has 0 spiro atoms. The van der Waals surface area contributed by atoms with Gasteiger partial charge in [0.25, 0.3) is 5.91 Å². The van der Waals surface area contributed by atoms with Crippen molar-refractivity contribution in [2.45, 2.75) is 26.8 Å². The Bertz CT molecular complexity index is 1060. The topological polar surface area (TPSA) is 35.6 Å². The van der Waals surface area contributed by atoms with Gasteiger partial charge in [-0.05, 0) is 55.8 Å². The second-order valence-corrected chi connectivity index (χ2v) is 9.50. The van der Waals surface area contributed by atoms with Gasteiger partial charge in [-0.15, -0.1) is 11.3 Å². The molecule has 3 aromatic rings. The number of hydrogen-bond donors (Lipinski definition) is 1. The zero-order valence-corrected chi connectivity index (χ0v) is 19.7. The van der Waals surface area contributed by atoms with Crippen LogP contribution in [0.15, 0.2) is 54.6 Å². The normalized spacial score (nSPS) is 16.1. The third-order valence-corrected chi connectivity index (χ3v) is 7.51. The van der Waals surface area contributed by atoms with Crippen molar-refractivity contribution in [1.82, 2.24) is 9.80 Å². The van der Waals surface area contributed by atoms with Gasteiger partial charge in [0.1, 0.15) is 10.8 Å². The van der Waals surface area contributed by atoms with Crippen LogP contribution in [-0.4, -0.2) is 48.4 Å². The Labute approximate surface area is 193 Å². The maximum absolute atomic E-state index is 13.7. The molecule has 0 bridgehead atoms. The summed E-state index contributed by atoms with van der Waals surface area (Å²) < 4.78 is 13.7. The maximum Gasteiger partial charge on any atom is 0.256 e. The van der Waals surface area contributed by atoms with Crippen molar-refractivity contribution in [2.75, 3.05) is 38.0 Å². The van der Waals surface area contributed by atoms with Gasteiger partial charge in [-0.1, -0.05) is 37.3 Å². The Kier molecular flexibility index (Phi) is 7.04. The molecule has 1 unspecified atom stereocenters. The largest absolute Gasteiger partial charge is 0.313 e. The fourth-order valence-corrected chi connectivity index (χ4v) is 5.46. The van der Waals surface area contributed by atoms with E-state index in [1.54, 1.807) is 11.3 Å². The van der Waals surface area contributed by atoms with E-state index in [0.717, 1.165) is 48.9 Å². The van der Waals surface area contributed by atoms with Crippen molar-refractivity contribution in [2.24, 2.45) is 0 Å². The van der Waals surface area contributed by atoms with E-state index >= 15 is 0 Å². The molecule has 0 aliphatic carbocycles. The first-order valence-electron chi connectivity index (χ1n) is 11.2. The predicted molar refractivity (Wildman–Crippen MR) is 130 cm³/mol. The van der Waals surface area contributed by atoms with E-state index in [2.05, 4.69) is 35.9 Å². The minimum absolute atomic E-state index is 0.0365. The number of carbonyl (C=O) groups excluding carboxylic acids is 1. The lowest BCUT2D eigenvalue weighted by Gasteiger charge is -2.39. The molecule has 6 heteroatoms. The first kappa shape index (κ1) is 22.6. The van der Waals surface area contributed by atoms with Gasteiger partial charge in [0.2, 0.25) is 0 Å². The zero-order chi connectivity index (χ0) is 22.7. The van der Waals surface area contributed by atoms with Crippen molar-refractivity contribution in [3.8, 4) is 0 Å². The van der Waals surface area contributed by atoms with Crippen LogP contribution in [0.5, 0.6) is 0 Å². The third kappa shape index (κ3) is 4.77. The van der Waals surface area contributed by atoms with E-state index in [1.165, 1.54) is 22.6 Å². The van der Waals surface area contributed by atoms with E-state index in [-0.39, 0.29) is 17.8 Å². The Morgan fingerprint density at radius 1 is 1.03 bits per heavy atom. The summed E-state index contributed by atoms with van der Waals surface area (Å²) in [6.45, 7) is 11.3. The Morgan fingerprint density at radius 3 is 2.31 bits per heavy atom. The van der Waals surface area contributed by atoms with Crippen molar-refractivity contribution >= 4 is 22.2 Å². The lowest BCUT2D eigenvalue weighted by molar-refractivity contribution is 0.102. The number of carbonyl (C=O) groups is 1. The van der Waals surface area contributed by atoms with Crippen LogP contribution in [0.1, 0.15) is 44.9 Å². The zero-order valence-electron chi connectivity index (χ0n) is 18.9. The molecule has 1 aromatic heterocycles. The summed E-state index contributed by atoms with van der Waals surface area (Å²) in [4.78, 5) is 19.1. The number of likely N-dealkylation sites (N-methyl/N-ethyl adjacent to an activating group) is 1. The van der Waals surface area contributed by atoms with Gasteiger partial charge in [-0.2, -0.15) is 0 Å². The molecule has 1 aliphatic heterocycles. The average molecular weight is 452 g/mol. The van der Waals surface area contributed by atoms with Gasteiger partial charge in [-0.25, -0.2) is 4.39 Å². The highest BCUT2D eigenvalue weighted by Gasteiger charge is 2.31. The predicted octanol–water partition coefficient (Wildman–Crippen LogP) is 5.48. The van der Waals surface area contributed by atoms with Crippen molar-refractivity contribution in [3.05, 3.63) is 87.5 Å². The molecule has 1 N–H and O–H groups in total. The molecule has 168 valence electrons. The van der Waals surface area contributed by atoms with Gasteiger partial charge >= 0.3 is 0 Å². The van der Waals surface area contributed by atoms with Crippen LogP contribution in [-0.2, 0) is 0 Å². The lowest BCUT2D eigenvalue weighted by atomic mass is 9.94. The standard InChI is InChI=1S/C26H30FN3OS/c1-4-29-14-16-30(17-15-29)24(20-10-12-22(27)13-11-20)23-18(2)19(3)32-26(23)28-25(31)21-8-6-5-7-9-21/h5-13,24H,4,14-17H2,1-3H3,(H,28,31). The summed E-state index contributed by atoms with van der Waals surface area (Å²) in [6, 6.07) is 16.1. The number of nitrogens with zero attached hydrogens (tertiary/aromatic N) is 2. The van der Waals surface area contributed by atoms with E-state index in [4.69, 9.17) is 0 Å².